The predicted molar refractivity (Wildman–Crippen MR) is 80.1 cm³/mol. The molecular formula is C13H19ClN6. The van der Waals surface area contributed by atoms with Crippen molar-refractivity contribution in [3.63, 3.8) is 0 Å². The van der Waals surface area contributed by atoms with Gasteiger partial charge in [0.05, 0.1) is 11.6 Å². The zero-order valence-electron chi connectivity index (χ0n) is 11.4. The lowest BCUT2D eigenvalue weighted by atomic mass is 10.2. The fraction of sp³-hybridized carbons (Fsp3) is 0.615. The number of likely N-dealkylation sites (tertiary alicyclic amines) is 1. The number of aromatic nitrogens is 4. The number of H-pyrrole nitrogens is 1. The summed E-state index contributed by atoms with van der Waals surface area (Å²) in [6.07, 6.45) is 7.07. The molecule has 0 atom stereocenters. The van der Waals surface area contributed by atoms with Crippen LogP contribution < -0.4 is 5.32 Å². The van der Waals surface area contributed by atoms with Crippen LogP contribution >= 0.6 is 11.6 Å². The van der Waals surface area contributed by atoms with Gasteiger partial charge >= 0.3 is 0 Å². The molecule has 0 aromatic carbocycles. The molecule has 1 saturated heterocycles. The molecule has 2 aromatic rings. The molecule has 0 bridgehead atoms. The minimum Gasteiger partial charge on any atom is -0.368 e. The van der Waals surface area contributed by atoms with E-state index in [1.807, 2.05) is 0 Å². The van der Waals surface area contributed by atoms with Gasteiger partial charge in [0, 0.05) is 13.1 Å². The first-order chi connectivity index (χ1) is 9.83. The average molecular weight is 295 g/mol. The molecule has 0 aliphatic carbocycles. The van der Waals surface area contributed by atoms with Crippen molar-refractivity contribution in [2.45, 2.75) is 25.7 Å². The van der Waals surface area contributed by atoms with Crippen LogP contribution in [0.3, 0.4) is 0 Å². The molecule has 3 heterocycles. The van der Waals surface area contributed by atoms with Crippen LogP contribution in [-0.4, -0.2) is 51.2 Å². The molecule has 20 heavy (non-hydrogen) atoms. The lowest BCUT2D eigenvalue weighted by molar-refractivity contribution is 0.296. The number of nitrogens with zero attached hydrogens (tertiary/aromatic N) is 4. The minimum absolute atomic E-state index is 0.235. The lowest BCUT2D eigenvalue weighted by Crippen LogP contribution is -2.30. The third kappa shape index (κ3) is 3.19. The van der Waals surface area contributed by atoms with Gasteiger partial charge in [-0.2, -0.15) is 15.1 Å². The summed E-state index contributed by atoms with van der Waals surface area (Å²) in [4.78, 5) is 10.8. The van der Waals surface area contributed by atoms with Crippen molar-refractivity contribution in [1.82, 2.24) is 25.1 Å². The molecular weight excluding hydrogens is 276 g/mol. The number of halogens is 1. The van der Waals surface area contributed by atoms with E-state index in [1.165, 1.54) is 38.8 Å². The van der Waals surface area contributed by atoms with Crippen molar-refractivity contribution in [3.05, 3.63) is 11.5 Å². The van der Waals surface area contributed by atoms with Gasteiger partial charge in [0.25, 0.3) is 0 Å². The monoisotopic (exact) mass is 294 g/mol. The van der Waals surface area contributed by atoms with Gasteiger partial charge in [0.1, 0.15) is 5.82 Å². The molecule has 0 radical (unpaired) electrons. The smallest absolute Gasteiger partial charge is 0.226 e. The summed E-state index contributed by atoms with van der Waals surface area (Å²) in [7, 11) is 0. The molecule has 0 unspecified atom stereocenters. The highest BCUT2D eigenvalue weighted by atomic mass is 35.5. The third-order valence-electron chi connectivity index (χ3n) is 3.70. The Bertz CT molecular complexity index is 561. The van der Waals surface area contributed by atoms with E-state index in [0.717, 1.165) is 24.3 Å². The highest BCUT2D eigenvalue weighted by molar-refractivity contribution is 6.28. The number of rotatable bonds is 4. The number of nitrogens with one attached hydrogen (secondary N) is 2. The molecule has 0 spiro atoms. The van der Waals surface area contributed by atoms with Crippen LogP contribution in [0.1, 0.15) is 25.7 Å². The van der Waals surface area contributed by atoms with Crippen LogP contribution in [-0.2, 0) is 0 Å². The van der Waals surface area contributed by atoms with Gasteiger partial charge in [-0.3, -0.25) is 5.10 Å². The maximum Gasteiger partial charge on any atom is 0.226 e. The molecule has 0 saturated carbocycles. The van der Waals surface area contributed by atoms with Crippen LogP contribution in [0, 0.1) is 0 Å². The number of fused-ring (bicyclic) bond motifs is 1. The molecule has 3 rings (SSSR count). The first-order valence-electron chi connectivity index (χ1n) is 7.16. The van der Waals surface area contributed by atoms with Gasteiger partial charge in [-0.25, -0.2) is 0 Å². The molecule has 7 heteroatoms. The maximum atomic E-state index is 5.91. The molecule has 6 nitrogen and oxygen atoms in total. The van der Waals surface area contributed by atoms with Crippen LogP contribution in [0.5, 0.6) is 0 Å². The number of anilines is 1. The Morgan fingerprint density at radius 1 is 1.20 bits per heavy atom. The molecule has 2 N–H and O–H groups in total. The van der Waals surface area contributed by atoms with Crippen molar-refractivity contribution in [1.29, 1.82) is 0 Å². The molecule has 0 amide bonds. The number of hydrogen-bond donors (Lipinski definition) is 2. The predicted octanol–water partition coefficient (Wildman–Crippen LogP) is 2.29. The Labute approximate surface area is 122 Å². The summed E-state index contributed by atoms with van der Waals surface area (Å²) in [5, 5.41) is 11.2. The van der Waals surface area contributed by atoms with Crippen LogP contribution in [0.15, 0.2) is 6.20 Å². The van der Waals surface area contributed by atoms with Crippen molar-refractivity contribution in [2.75, 3.05) is 31.5 Å². The summed E-state index contributed by atoms with van der Waals surface area (Å²) >= 11 is 5.91. The van der Waals surface area contributed by atoms with Crippen LogP contribution in [0.25, 0.3) is 11.0 Å². The Morgan fingerprint density at radius 3 is 2.80 bits per heavy atom. The molecule has 2 aromatic heterocycles. The molecule has 1 aliphatic heterocycles. The maximum absolute atomic E-state index is 5.91. The normalized spacial score (nSPS) is 17.2. The quantitative estimate of drug-likeness (QED) is 0.847. The molecule has 108 valence electrons. The second-order valence-corrected chi connectivity index (χ2v) is 5.49. The Hall–Kier alpha value is -1.40. The van der Waals surface area contributed by atoms with E-state index in [4.69, 9.17) is 11.6 Å². The van der Waals surface area contributed by atoms with E-state index >= 15 is 0 Å². The van der Waals surface area contributed by atoms with Crippen molar-refractivity contribution < 1.29 is 0 Å². The first-order valence-corrected chi connectivity index (χ1v) is 7.53. The molecule has 1 aliphatic rings. The Kier molecular flexibility index (Phi) is 4.32. The van der Waals surface area contributed by atoms with Gasteiger partial charge in [-0.15, -0.1) is 0 Å². The summed E-state index contributed by atoms with van der Waals surface area (Å²) in [6, 6.07) is 0. The van der Waals surface area contributed by atoms with E-state index in [-0.39, 0.29) is 5.28 Å². The summed E-state index contributed by atoms with van der Waals surface area (Å²) < 4.78 is 0. The van der Waals surface area contributed by atoms with E-state index in [9.17, 15) is 0 Å². The van der Waals surface area contributed by atoms with Gasteiger partial charge in [0.2, 0.25) is 5.28 Å². The second-order valence-electron chi connectivity index (χ2n) is 5.16. The summed E-state index contributed by atoms with van der Waals surface area (Å²) in [5.74, 6) is 0.753. The van der Waals surface area contributed by atoms with E-state index in [1.54, 1.807) is 6.20 Å². The molecule has 1 fully saturated rings. The first kappa shape index (κ1) is 13.6. The summed E-state index contributed by atoms with van der Waals surface area (Å²) in [6.45, 7) is 4.29. The largest absolute Gasteiger partial charge is 0.368 e. The topological polar surface area (TPSA) is 69.7 Å². The third-order valence-corrected chi connectivity index (χ3v) is 3.87. The zero-order valence-corrected chi connectivity index (χ0v) is 12.2. The average Bonchev–Trinajstić information content (AvgIpc) is 2.74. The highest BCUT2D eigenvalue weighted by Crippen LogP contribution is 2.19. The Morgan fingerprint density at radius 2 is 2.00 bits per heavy atom. The van der Waals surface area contributed by atoms with Gasteiger partial charge in [0.15, 0.2) is 5.65 Å². The van der Waals surface area contributed by atoms with Crippen LogP contribution in [0.2, 0.25) is 5.28 Å². The van der Waals surface area contributed by atoms with Crippen molar-refractivity contribution in [3.8, 4) is 0 Å². The minimum atomic E-state index is 0.235. The highest BCUT2D eigenvalue weighted by Gasteiger charge is 2.10. The lowest BCUT2D eigenvalue weighted by Gasteiger charge is -2.19. The Balaban J connectivity index is 1.60. The summed E-state index contributed by atoms with van der Waals surface area (Å²) in [5.41, 5.74) is 0.669. The van der Waals surface area contributed by atoms with E-state index in [0.29, 0.717) is 5.65 Å². The van der Waals surface area contributed by atoms with Crippen LogP contribution in [0.4, 0.5) is 5.82 Å². The van der Waals surface area contributed by atoms with Crippen molar-refractivity contribution in [2.24, 2.45) is 0 Å². The van der Waals surface area contributed by atoms with Gasteiger partial charge in [-0.05, 0) is 37.5 Å². The SMILES string of the molecule is Clc1nc(NCCN2CCCCCC2)c2cn[nH]c2n1. The number of aromatic amines is 1. The fourth-order valence-corrected chi connectivity index (χ4v) is 2.80. The zero-order chi connectivity index (χ0) is 13.8. The standard InChI is InChI=1S/C13H19ClN6/c14-13-17-11(10-9-16-19-12(10)18-13)15-5-8-20-6-3-1-2-4-7-20/h9H,1-8H2,(H2,15,16,17,18,19). The second kappa shape index (κ2) is 6.37. The number of hydrogen-bond acceptors (Lipinski definition) is 5. The van der Waals surface area contributed by atoms with E-state index < -0.39 is 0 Å². The van der Waals surface area contributed by atoms with Crippen molar-refractivity contribution >= 4 is 28.5 Å². The van der Waals surface area contributed by atoms with Gasteiger partial charge in [-0.1, -0.05) is 12.8 Å². The van der Waals surface area contributed by atoms with E-state index in [2.05, 4.69) is 30.4 Å². The van der Waals surface area contributed by atoms with Gasteiger partial charge < -0.3 is 10.2 Å². The fourth-order valence-electron chi connectivity index (χ4n) is 2.63.